The number of pyridine rings is 1. The van der Waals surface area contributed by atoms with E-state index < -0.39 is 33.6 Å². The van der Waals surface area contributed by atoms with Gasteiger partial charge in [0.25, 0.3) is 16.0 Å². The fraction of sp³-hybridized carbons (Fsp3) is 0.217. The standard InChI is InChI=1S/C23H22F3N3O5S/c24-23(25,26)18-3-1-2-16(12-18)10-11-27-13-17-4-6-19(7-5-17)34-20-8-9-21(28-14-20)22(30)29-15-35(31,32)33/h1-9,12,14,27H,10-11,13,15H2,(H,29,30)(H,31,32,33). The van der Waals surface area contributed by atoms with Crippen LogP contribution in [-0.2, 0) is 29.3 Å². The van der Waals surface area contributed by atoms with Gasteiger partial charge in [-0.15, -0.1) is 0 Å². The Morgan fingerprint density at radius 2 is 1.71 bits per heavy atom. The van der Waals surface area contributed by atoms with Crippen molar-refractivity contribution >= 4 is 16.0 Å². The molecule has 1 heterocycles. The van der Waals surface area contributed by atoms with E-state index in [0.717, 1.165) is 17.7 Å². The molecule has 3 rings (SSSR count). The summed E-state index contributed by atoms with van der Waals surface area (Å²) in [4.78, 5) is 15.7. The Bertz CT molecular complexity index is 1250. The molecule has 0 bridgehead atoms. The van der Waals surface area contributed by atoms with Gasteiger partial charge in [0.15, 0.2) is 0 Å². The lowest BCUT2D eigenvalue weighted by Crippen LogP contribution is -2.29. The lowest BCUT2D eigenvalue weighted by atomic mass is 10.1. The number of nitrogens with one attached hydrogen (secondary N) is 2. The lowest BCUT2D eigenvalue weighted by molar-refractivity contribution is -0.137. The first-order chi connectivity index (χ1) is 16.5. The van der Waals surface area contributed by atoms with Gasteiger partial charge in [-0.3, -0.25) is 9.35 Å². The molecule has 0 radical (unpaired) electrons. The quantitative estimate of drug-likeness (QED) is 0.281. The van der Waals surface area contributed by atoms with Crippen molar-refractivity contribution in [3.05, 3.63) is 89.2 Å². The van der Waals surface area contributed by atoms with Crippen molar-refractivity contribution in [2.24, 2.45) is 0 Å². The monoisotopic (exact) mass is 509 g/mol. The van der Waals surface area contributed by atoms with Crippen molar-refractivity contribution in [1.29, 1.82) is 0 Å². The van der Waals surface area contributed by atoms with Gasteiger partial charge in [0.2, 0.25) is 0 Å². The second kappa shape index (κ2) is 11.3. The molecule has 0 aliphatic carbocycles. The van der Waals surface area contributed by atoms with Gasteiger partial charge in [-0.1, -0.05) is 30.3 Å². The summed E-state index contributed by atoms with van der Waals surface area (Å²) in [5, 5.41) is 5.21. The molecule has 2 aromatic carbocycles. The Balaban J connectivity index is 1.45. The number of benzene rings is 2. The van der Waals surface area contributed by atoms with Gasteiger partial charge < -0.3 is 15.4 Å². The van der Waals surface area contributed by atoms with Crippen LogP contribution in [0.3, 0.4) is 0 Å². The maximum Gasteiger partial charge on any atom is 0.416 e. The van der Waals surface area contributed by atoms with Crippen LogP contribution in [0.2, 0.25) is 0 Å². The van der Waals surface area contributed by atoms with Crippen LogP contribution in [0.25, 0.3) is 0 Å². The van der Waals surface area contributed by atoms with Crippen LogP contribution in [0.5, 0.6) is 11.5 Å². The smallest absolute Gasteiger partial charge is 0.416 e. The van der Waals surface area contributed by atoms with Crippen LogP contribution in [0, 0.1) is 0 Å². The van der Waals surface area contributed by atoms with E-state index in [4.69, 9.17) is 9.29 Å². The van der Waals surface area contributed by atoms with Crippen LogP contribution < -0.4 is 15.4 Å². The molecule has 3 aromatic rings. The Morgan fingerprint density at radius 3 is 2.34 bits per heavy atom. The minimum absolute atomic E-state index is 0.0486. The minimum Gasteiger partial charge on any atom is -0.456 e. The van der Waals surface area contributed by atoms with E-state index in [-0.39, 0.29) is 5.69 Å². The first-order valence-electron chi connectivity index (χ1n) is 10.3. The minimum atomic E-state index is -4.36. The summed E-state index contributed by atoms with van der Waals surface area (Å²) in [5.74, 6) is -0.816. The summed E-state index contributed by atoms with van der Waals surface area (Å²) in [6, 6.07) is 15.2. The van der Waals surface area contributed by atoms with E-state index in [2.05, 4.69) is 10.3 Å². The number of aromatic nitrogens is 1. The summed E-state index contributed by atoms with van der Waals surface area (Å²) in [6.45, 7) is 1.03. The van der Waals surface area contributed by atoms with Crippen molar-refractivity contribution < 1.29 is 35.7 Å². The van der Waals surface area contributed by atoms with Crippen LogP contribution in [-0.4, -0.2) is 36.3 Å². The molecule has 3 N–H and O–H groups in total. The SMILES string of the molecule is O=C(NCS(=O)(=O)O)c1ccc(Oc2ccc(CNCCc3cccc(C(F)(F)F)c3)cc2)cn1. The molecule has 0 atom stereocenters. The Labute approximate surface area is 199 Å². The van der Waals surface area contributed by atoms with Gasteiger partial charge in [0.1, 0.15) is 23.1 Å². The molecular weight excluding hydrogens is 487 g/mol. The zero-order chi connectivity index (χ0) is 25.5. The van der Waals surface area contributed by atoms with Crippen LogP contribution in [0.1, 0.15) is 27.2 Å². The average Bonchev–Trinajstić information content (AvgIpc) is 2.81. The van der Waals surface area contributed by atoms with Gasteiger partial charge in [-0.25, -0.2) is 4.98 Å². The molecule has 1 amide bonds. The van der Waals surface area contributed by atoms with Crippen molar-refractivity contribution in [3.8, 4) is 11.5 Å². The fourth-order valence-electron chi connectivity index (χ4n) is 3.00. The number of rotatable bonds is 10. The first-order valence-corrected chi connectivity index (χ1v) is 11.9. The summed E-state index contributed by atoms with van der Waals surface area (Å²) in [7, 11) is -4.33. The van der Waals surface area contributed by atoms with Crippen molar-refractivity contribution in [2.45, 2.75) is 19.1 Å². The zero-order valence-corrected chi connectivity index (χ0v) is 19.1. The van der Waals surface area contributed by atoms with Gasteiger partial charge in [0, 0.05) is 6.54 Å². The second-order valence-electron chi connectivity index (χ2n) is 7.48. The van der Waals surface area contributed by atoms with Gasteiger partial charge in [-0.2, -0.15) is 21.6 Å². The molecule has 0 spiro atoms. The predicted molar refractivity (Wildman–Crippen MR) is 121 cm³/mol. The molecule has 186 valence electrons. The topological polar surface area (TPSA) is 118 Å². The Hall–Kier alpha value is -3.48. The van der Waals surface area contributed by atoms with Crippen LogP contribution >= 0.6 is 0 Å². The highest BCUT2D eigenvalue weighted by molar-refractivity contribution is 7.85. The molecular formula is C23H22F3N3O5S. The highest BCUT2D eigenvalue weighted by Gasteiger charge is 2.30. The lowest BCUT2D eigenvalue weighted by Gasteiger charge is -2.10. The average molecular weight is 510 g/mol. The molecule has 0 unspecified atom stereocenters. The van der Waals surface area contributed by atoms with Crippen molar-refractivity contribution in [2.75, 3.05) is 12.4 Å². The van der Waals surface area contributed by atoms with Crippen LogP contribution in [0.15, 0.2) is 66.9 Å². The maximum absolute atomic E-state index is 12.8. The molecule has 12 heteroatoms. The number of hydrogen-bond donors (Lipinski definition) is 3. The Morgan fingerprint density at radius 1 is 1.00 bits per heavy atom. The Kier molecular flexibility index (Phi) is 8.43. The molecule has 1 aromatic heterocycles. The maximum atomic E-state index is 12.8. The first kappa shape index (κ1) is 26.1. The van der Waals surface area contributed by atoms with E-state index in [1.807, 2.05) is 17.4 Å². The summed E-state index contributed by atoms with van der Waals surface area (Å²) in [6.07, 6.45) is -2.60. The third-order valence-corrected chi connectivity index (χ3v) is 5.23. The number of amides is 1. The molecule has 0 saturated heterocycles. The number of ether oxygens (including phenoxy) is 1. The molecule has 0 aliphatic rings. The van der Waals surface area contributed by atoms with Crippen molar-refractivity contribution in [3.63, 3.8) is 0 Å². The highest BCUT2D eigenvalue weighted by Crippen LogP contribution is 2.29. The van der Waals surface area contributed by atoms with E-state index in [9.17, 15) is 26.4 Å². The number of carbonyl (C=O) groups is 1. The van der Waals surface area contributed by atoms with E-state index in [1.165, 1.54) is 24.4 Å². The number of carbonyl (C=O) groups excluding carboxylic acids is 1. The highest BCUT2D eigenvalue weighted by atomic mass is 32.2. The molecule has 0 saturated carbocycles. The normalized spacial score (nSPS) is 11.8. The fourth-order valence-corrected chi connectivity index (χ4v) is 3.32. The van der Waals surface area contributed by atoms with Gasteiger partial charge in [0.05, 0.1) is 11.8 Å². The predicted octanol–water partition coefficient (Wildman–Crippen LogP) is 3.80. The van der Waals surface area contributed by atoms with E-state index in [0.29, 0.717) is 36.6 Å². The number of nitrogens with zero attached hydrogens (tertiary/aromatic N) is 1. The van der Waals surface area contributed by atoms with E-state index >= 15 is 0 Å². The largest absolute Gasteiger partial charge is 0.456 e. The van der Waals surface area contributed by atoms with Crippen LogP contribution in [0.4, 0.5) is 13.2 Å². The van der Waals surface area contributed by atoms with Crippen molar-refractivity contribution in [1.82, 2.24) is 15.6 Å². The number of hydrogen-bond acceptors (Lipinski definition) is 6. The molecule has 0 fully saturated rings. The molecule has 8 nitrogen and oxygen atoms in total. The second-order valence-corrected chi connectivity index (χ2v) is 8.93. The van der Waals surface area contributed by atoms with Gasteiger partial charge in [-0.05, 0) is 54.4 Å². The number of alkyl halides is 3. The number of halogens is 3. The van der Waals surface area contributed by atoms with Gasteiger partial charge >= 0.3 is 6.18 Å². The summed E-state index contributed by atoms with van der Waals surface area (Å²) < 4.78 is 74.1. The van der Waals surface area contributed by atoms with E-state index in [1.54, 1.807) is 18.2 Å². The molecule has 35 heavy (non-hydrogen) atoms. The third kappa shape index (κ3) is 8.67. The third-order valence-electron chi connectivity index (χ3n) is 4.72. The molecule has 0 aliphatic heterocycles. The summed E-state index contributed by atoms with van der Waals surface area (Å²) in [5.41, 5.74) is 0.848. The summed E-state index contributed by atoms with van der Waals surface area (Å²) >= 11 is 0. The zero-order valence-electron chi connectivity index (χ0n) is 18.2.